The Morgan fingerprint density at radius 2 is 2.00 bits per heavy atom. The van der Waals surface area contributed by atoms with Gasteiger partial charge in [0.15, 0.2) is 11.6 Å². The number of anilines is 2. The number of hydrogen-bond acceptors (Lipinski definition) is 4. The van der Waals surface area contributed by atoms with Crippen molar-refractivity contribution >= 4 is 11.8 Å². The fraction of sp³-hybridized carbons (Fsp3) is 0.600. The molecule has 0 bridgehead atoms. The van der Waals surface area contributed by atoms with Gasteiger partial charge in [-0.05, 0) is 24.7 Å². The topological polar surface area (TPSA) is 55.0 Å². The zero-order valence-corrected chi connectivity index (χ0v) is 8.36. The second-order valence-electron chi connectivity index (χ2n) is 4.41. The first-order valence-electron chi connectivity index (χ1n) is 5.27. The monoisotopic (exact) mass is 208 g/mol. The van der Waals surface area contributed by atoms with Gasteiger partial charge in [-0.25, -0.2) is 9.37 Å². The van der Waals surface area contributed by atoms with Crippen molar-refractivity contribution in [2.75, 3.05) is 23.7 Å². The Bertz CT molecular complexity index is 383. The van der Waals surface area contributed by atoms with Crippen molar-refractivity contribution in [3.8, 4) is 0 Å². The first kappa shape index (κ1) is 8.88. The van der Waals surface area contributed by atoms with E-state index in [2.05, 4.69) is 14.9 Å². The quantitative estimate of drug-likeness (QED) is 0.749. The van der Waals surface area contributed by atoms with Crippen LogP contribution < -0.4 is 10.6 Å². The Balaban J connectivity index is 1.84. The van der Waals surface area contributed by atoms with E-state index in [9.17, 15) is 4.39 Å². The van der Waals surface area contributed by atoms with Crippen LogP contribution >= 0.6 is 0 Å². The molecule has 1 saturated carbocycles. The van der Waals surface area contributed by atoms with Crippen molar-refractivity contribution in [2.45, 2.75) is 12.8 Å². The minimum Gasteiger partial charge on any atom is -0.381 e. The smallest absolute Gasteiger partial charge is 0.227 e. The molecule has 2 heterocycles. The van der Waals surface area contributed by atoms with Gasteiger partial charge in [-0.15, -0.1) is 0 Å². The van der Waals surface area contributed by atoms with Gasteiger partial charge in [0, 0.05) is 13.1 Å². The number of fused-ring (bicyclic) bond motifs is 1. The Hall–Kier alpha value is -1.39. The van der Waals surface area contributed by atoms with E-state index < -0.39 is 5.82 Å². The van der Waals surface area contributed by atoms with Crippen LogP contribution in [0, 0.1) is 17.7 Å². The molecule has 2 fully saturated rings. The molecule has 3 rings (SSSR count). The highest BCUT2D eigenvalue weighted by Gasteiger charge is 2.40. The summed E-state index contributed by atoms with van der Waals surface area (Å²) in [6.45, 7) is 1.99. The molecule has 1 aliphatic heterocycles. The van der Waals surface area contributed by atoms with Crippen molar-refractivity contribution in [2.24, 2.45) is 11.8 Å². The molecular formula is C10H13FN4. The van der Waals surface area contributed by atoms with E-state index in [0.717, 1.165) is 31.1 Å². The third-order valence-electron chi connectivity index (χ3n) is 3.53. The molecule has 4 nitrogen and oxygen atoms in total. The number of nitrogens with two attached hydrogens (primary N) is 1. The molecule has 2 N–H and O–H groups in total. The zero-order chi connectivity index (χ0) is 10.4. The minimum atomic E-state index is -0.541. The normalized spacial score (nSPS) is 28.7. The predicted octanol–water partition coefficient (Wildman–Crippen LogP) is 1.04. The lowest BCUT2D eigenvalue weighted by atomic mass is 9.77. The predicted molar refractivity (Wildman–Crippen MR) is 54.8 cm³/mol. The molecular weight excluding hydrogens is 195 g/mol. The molecule has 0 radical (unpaired) electrons. The zero-order valence-electron chi connectivity index (χ0n) is 8.36. The van der Waals surface area contributed by atoms with Gasteiger partial charge in [0.05, 0.1) is 6.20 Å². The second kappa shape index (κ2) is 3.05. The van der Waals surface area contributed by atoms with Gasteiger partial charge in [0.2, 0.25) is 5.95 Å². The van der Waals surface area contributed by atoms with Crippen LogP contribution in [0.3, 0.4) is 0 Å². The Morgan fingerprint density at radius 1 is 1.33 bits per heavy atom. The van der Waals surface area contributed by atoms with Crippen LogP contribution in [0.2, 0.25) is 0 Å². The molecule has 2 aliphatic rings. The van der Waals surface area contributed by atoms with Gasteiger partial charge in [0.25, 0.3) is 0 Å². The Labute approximate surface area is 87.3 Å². The highest BCUT2D eigenvalue weighted by molar-refractivity contribution is 5.40. The molecule has 1 aliphatic carbocycles. The first-order chi connectivity index (χ1) is 7.24. The summed E-state index contributed by atoms with van der Waals surface area (Å²) in [5.74, 6) is 1.56. The maximum absolute atomic E-state index is 12.9. The van der Waals surface area contributed by atoms with E-state index in [1.807, 2.05) is 0 Å². The molecule has 1 aromatic rings. The average Bonchev–Trinajstić information content (AvgIpc) is 2.48. The maximum atomic E-state index is 12.9. The van der Waals surface area contributed by atoms with E-state index in [1.54, 1.807) is 0 Å². The van der Waals surface area contributed by atoms with Crippen LogP contribution in [0.5, 0.6) is 0 Å². The number of nitrogen functional groups attached to an aromatic ring is 1. The summed E-state index contributed by atoms with van der Waals surface area (Å²) in [4.78, 5) is 10.1. The lowest BCUT2D eigenvalue weighted by Gasteiger charge is -2.27. The average molecular weight is 208 g/mol. The summed E-state index contributed by atoms with van der Waals surface area (Å²) in [5, 5.41) is 0. The summed E-state index contributed by atoms with van der Waals surface area (Å²) in [6.07, 6.45) is 3.76. The second-order valence-corrected chi connectivity index (χ2v) is 4.41. The van der Waals surface area contributed by atoms with Crippen LogP contribution in [-0.2, 0) is 0 Å². The maximum Gasteiger partial charge on any atom is 0.227 e. The number of nitrogens with zero attached hydrogens (tertiary/aromatic N) is 3. The van der Waals surface area contributed by atoms with E-state index in [0.29, 0.717) is 5.95 Å². The highest BCUT2D eigenvalue weighted by Crippen LogP contribution is 2.41. The van der Waals surface area contributed by atoms with Crippen LogP contribution in [0.25, 0.3) is 0 Å². The van der Waals surface area contributed by atoms with Gasteiger partial charge < -0.3 is 10.6 Å². The first-order valence-corrected chi connectivity index (χ1v) is 5.27. The van der Waals surface area contributed by atoms with E-state index in [-0.39, 0.29) is 5.82 Å². The number of aromatic nitrogens is 2. The van der Waals surface area contributed by atoms with Crippen molar-refractivity contribution in [3.63, 3.8) is 0 Å². The molecule has 2 atom stereocenters. The standard InChI is InChI=1S/C10H13FN4/c11-8-3-13-10(14-9(8)12)15-4-6-1-2-7(6)5-15/h3,6-7H,1-2,4-5H2,(H2,12,13,14). The fourth-order valence-electron chi connectivity index (χ4n) is 2.45. The van der Waals surface area contributed by atoms with Gasteiger partial charge >= 0.3 is 0 Å². The Morgan fingerprint density at radius 3 is 2.53 bits per heavy atom. The van der Waals surface area contributed by atoms with Crippen LogP contribution in [-0.4, -0.2) is 23.1 Å². The summed E-state index contributed by atoms with van der Waals surface area (Å²) < 4.78 is 12.9. The molecule has 1 aromatic heterocycles. The lowest BCUT2D eigenvalue weighted by molar-refractivity contribution is 0.243. The third kappa shape index (κ3) is 1.33. The van der Waals surface area contributed by atoms with Gasteiger partial charge in [-0.3, -0.25) is 0 Å². The van der Waals surface area contributed by atoms with E-state index in [4.69, 9.17) is 5.73 Å². The molecule has 2 unspecified atom stereocenters. The minimum absolute atomic E-state index is 0.0563. The number of hydrogen-bond donors (Lipinski definition) is 1. The molecule has 5 heteroatoms. The summed E-state index contributed by atoms with van der Waals surface area (Å²) in [7, 11) is 0. The highest BCUT2D eigenvalue weighted by atomic mass is 19.1. The van der Waals surface area contributed by atoms with E-state index in [1.165, 1.54) is 12.8 Å². The van der Waals surface area contributed by atoms with Gasteiger partial charge in [-0.2, -0.15) is 4.98 Å². The van der Waals surface area contributed by atoms with Crippen LogP contribution in [0.4, 0.5) is 16.2 Å². The third-order valence-corrected chi connectivity index (χ3v) is 3.53. The fourth-order valence-corrected chi connectivity index (χ4v) is 2.45. The van der Waals surface area contributed by atoms with E-state index >= 15 is 0 Å². The summed E-state index contributed by atoms with van der Waals surface area (Å²) in [6, 6.07) is 0. The van der Waals surface area contributed by atoms with Crippen molar-refractivity contribution in [1.82, 2.24) is 9.97 Å². The van der Waals surface area contributed by atoms with Crippen molar-refractivity contribution < 1.29 is 4.39 Å². The largest absolute Gasteiger partial charge is 0.381 e. The molecule has 80 valence electrons. The molecule has 15 heavy (non-hydrogen) atoms. The SMILES string of the molecule is Nc1nc(N2CC3CCC3C2)ncc1F. The van der Waals surface area contributed by atoms with Crippen molar-refractivity contribution in [3.05, 3.63) is 12.0 Å². The molecule has 1 saturated heterocycles. The Kier molecular flexibility index (Phi) is 1.81. The number of halogens is 1. The van der Waals surface area contributed by atoms with Gasteiger partial charge in [0.1, 0.15) is 0 Å². The van der Waals surface area contributed by atoms with Crippen LogP contribution in [0.15, 0.2) is 6.20 Å². The summed E-state index contributed by atoms with van der Waals surface area (Å²) >= 11 is 0. The van der Waals surface area contributed by atoms with Gasteiger partial charge in [-0.1, -0.05) is 0 Å². The summed E-state index contributed by atoms with van der Waals surface area (Å²) in [5.41, 5.74) is 5.42. The van der Waals surface area contributed by atoms with Crippen molar-refractivity contribution in [1.29, 1.82) is 0 Å². The van der Waals surface area contributed by atoms with Crippen LogP contribution in [0.1, 0.15) is 12.8 Å². The lowest BCUT2D eigenvalue weighted by Crippen LogP contribution is -2.22. The molecule has 0 amide bonds. The number of rotatable bonds is 1. The molecule has 0 spiro atoms. The molecule has 0 aromatic carbocycles.